The number of benzene rings is 1. The molecule has 0 spiro atoms. The van der Waals surface area contributed by atoms with Crippen molar-refractivity contribution in [2.24, 2.45) is 0 Å². The van der Waals surface area contributed by atoms with E-state index in [2.05, 4.69) is 29.1 Å². The molecule has 0 bridgehead atoms. The van der Waals surface area contributed by atoms with Crippen LogP contribution in [0.5, 0.6) is 0 Å². The van der Waals surface area contributed by atoms with Crippen LogP contribution in [0.4, 0.5) is 10.1 Å². The molecule has 1 aliphatic heterocycles. The van der Waals surface area contributed by atoms with E-state index in [9.17, 15) is 4.39 Å². The van der Waals surface area contributed by atoms with Gasteiger partial charge in [0.25, 0.3) is 0 Å². The van der Waals surface area contributed by atoms with E-state index in [4.69, 9.17) is 5.26 Å². The molecule has 1 aromatic carbocycles. The van der Waals surface area contributed by atoms with Gasteiger partial charge in [-0.2, -0.15) is 5.26 Å². The van der Waals surface area contributed by atoms with Crippen LogP contribution in [0.1, 0.15) is 12.5 Å². The summed E-state index contributed by atoms with van der Waals surface area (Å²) in [6.45, 7) is 7.12. The van der Waals surface area contributed by atoms with Crippen LogP contribution in [0.15, 0.2) is 18.2 Å². The highest BCUT2D eigenvalue weighted by Gasteiger charge is 2.19. The molecule has 2 rings (SSSR count). The van der Waals surface area contributed by atoms with Crippen molar-refractivity contribution in [3.63, 3.8) is 0 Å². The SMILES string of the molecule is CC(CNc1cccc(F)c1C#N)N1CCN(C)CC1. The van der Waals surface area contributed by atoms with Crippen molar-refractivity contribution in [3.8, 4) is 6.07 Å². The van der Waals surface area contributed by atoms with Crippen molar-refractivity contribution in [2.45, 2.75) is 13.0 Å². The van der Waals surface area contributed by atoms with Crippen molar-refractivity contribution in [3.05, 3.63) is 29.6 Å². The fourth-order valence-electron chi connectivity index (χ4n) is 2.43. The molecule has 0 aromatic heterocycles. The van der Waals surface area contributed by atoms with E-state index in [0.29, 0.717) is 18.3 Å². The number of anilines is 1. The molecule has 1 atom stereocenters. The molecular formula is C15H21FN4. The minimum absolute atomic E-state index is 0.0954. The summed E-state index contributed by atoms with van der Waals surface area (Å²) >= 11 is 0. The van der Waals surface area contributed by atoms with Crippen LogP contribution in [-0.2, 0) is 0 Å². The van der Waals surface area contributed by atoms with E-state index in [0.717, 1.165) is 26.2 Å². The van der Waals surface area contributed by atoms with Crippen LogP contribution >= 0.6 is 0 Å². The molecular weight excluding hydrogens is 255 g/mol. The summed E-state index contributed by atoms with van der Waals surface area (Å²) < 4.78 is 13.5. The Morgan fingerprint density at radius 3 is 2.70 bits per heavy atom. The summed E-state index contributed by atoms with van der Waals surface area (Å²) in [4.78, 5) is 4.73. The molecule has 1 unspecified atom stereocenters. The molecule has 0 aliphatic carbocycles. The van der Waals surface area contributed by atoms with E-state index in [-0.39, 0.29) is 5.56 Å². The molecule has 0 saturated carbocycles. The van der Waals surface area contributed by atoms with Crippen molar-refractivity contribution >= 4 is 5.69 Å². The number of rotatable bonds is 4. The molecule has 4 nitrogen and oxygen atoms in total. The van der Waals surface area contributed by atoms with Gasteiger partial charge in [0.15, 0.2) is 0 Å². The zero-order valence-electron chi connectivity index (χ0n) is 12.1. The Labute approximate surface area is 119 Å². The highest BCUT2D eigenvalue weighted by molar-refractivity contribution is 5.57. The Morgan fingerprint density at radius 1 is 1.35 bits per heavy atom. The maximum Gasteiger partial charge on any atom is 0.143 e. The van der Waals surface area contributed by atoms with Crippen LogP contribution in [-0.4, -0.2) is 55.6 Å². The van der Waals surface area contributed by atoms with Crippen LogP contribution < -0.4 is 5.32 Å². The highest BCUT2D eigenvalue weighted by Crippen LogP contribution is 2.18. The second kappa shape index (κ2) is 6.69. The van der Waals surface area contributed by atoms with Gasteiger partial charge in [-0.15, -0.1) is 0 Å². The third kappa shape index (κ3) is 3.47. The number of nitrogens with zero attached hydrogens (tertiary/aromatic N) is 3. The molecule has 1 saturated heterocycles. The minimum Gasteiger partial charge on any atom is -0.382 e. The Hall–Kier alpha value is -1.64. The minimum atomic E-state index is -0.468. The summed E-state index contributed by atoms with van der Waals surface area (Å²) in [5.74, 6) is -0.468. The summed E-state index contributed by atoms with van der Waals surface area (Å²) in [5, 5.41) is 12.2. The van der Waals surface area contributed by atoms with Gasteiger partial charge in [0.05, 0.1) is 5.69 Å². The van der Waals surface area contributed by atoms with Crippen molar-refractivity contribution in [1.82, 2.24) is 9.80 Å². The second-order valence-electron chi connectivity index (χ2n) is 5.34. The average molecular weight is 276 g/mol. The standard InChI is InChI=1S/C15H21FN4/c1-12(20-8-6-19(2)7-9-20)11-18-15-5-3-4-14(16)13(15)10-17/h3-5,12,18H,6-9,11H2,1-2H3. The van der Waals surface area contributed by atoms with Gasteiger partial charge in [-0.25, -0.2) is 4.39 Å². The maximum absolute atomic E-state index is 13.5. The number of halogens is 1. The predicted molar refractivity (Wildman–Crippen MR) is 78.1 cm³/mol. The Morgan fingerprint density at radius 2 is 2.05 bits per heavy atom. The van der Waals surface area contributed by atoms with Gasteiger partial charge in [0, 0.05) is 38.8 Å². The van der Waals surface area contributed by atoms with Gasteiger partial charge in [-0.3, -0.25) is 4.90 Å². The lowest BCUT2D eigenvalue weighted by atomic mass is 10.1. The van der Waals surface area contributed by atoms with Crippen LogP contribution in [0.3, 0.4) is 0 Å². The van der Waals surface area contributed by atoms with Crippen LogP contribution in [0.25, 0.3) is 0 Å². The summed E-state index contributed by atoms with van der Waals surface area (Å²) in [6.07, 6.45) is 0. The summed E-state index contributed by atoms with van der Waals surface area (Å²) in [7, 11) is 2.13. The lowest BCUT2D eigenvalue weighted by Crippen LogP contribution is -2.49. The molecule has 1 aliphatic rings. The molecule has 5 heteroatoms. The lowest BCUT2D eigenvalue weighted by Gasteiger charge is -2.36. The molecule has 20 heavy (non-hydrogen) atoms. The first-order chi connectivity index (χ1) is 9.61. The average Bonchev–Trinajstić information content (AvgIpc) is 2.45. The zero-order chi connectivity index (χ0) is 14.5. The molecule has 1 fully saturated rings. The molecule has 0 radical (unpaired) electrons. The first-order valence-electron chi connectivity index (χ1n) is 6.97. The predicted octanol–water partition coefficient (Wildman–Crippen LogP) is 1.75. The third-order valence-electron chi connectivity index (χ3n) is 3.87. The van der Waals surface area contributed by atoms with Crippen molar-refractivity contribution in [2.75, 3.05) is 45.1 Å². The molecule has 0 amide bonds. The van der Waals surface area contributed by atoms with Crippen molar-refractivity contribution in [1.29, 1.82) is 5.26 Å². The summed E-state index contributed by atoms with van der Waals surface area (Å²) in [5.41, 5.74) is 0.673. The van der Waals surface area contributed by atoms with Crippen LogP contribution in [0.2, 0.25) is 0 Å². The van der Waals surface area contributed by atoms with E-state index in [1.807, 2.05) is 6.07 Å². The number of hydrogen-bond donors (Lipinski definition) is 1. The Bertz CT molecular complexity index is 489. The number of nitriles is 1. The van der Waals surface area contributed by atoms with Gasteiger partial charge in [0.1, 0.15) is 17.4 Å². The first-order valence-corrected chi connectivity index (χ1v) is 6.97. The van der Waals surface area contributed by atoms with Gasteiger partial charge in [-0.05, 0) is 26.1 Å². The van der Waals surface area contributed by atoms with Crippen molar-refractivity contribution < 1.29 is 4.39 Å². The Balaban J connectivity index is 1.92. The normalized spacial score (nSPS) is 18.5. The van der Waals surface area contributed by atoms with Gasteiger partial charge in [-0.1, -0.05) is 6.07 Å². The fourth-order valence-corrected chi connectivity index (χ4v) is 2.43. The van der Waals surface area contributed by atoms with E-state index < -0.39 is 5.82 Å². The zero-order valence-corrected chi connectivity index (χ0v) is 12.1. The smallest absolute Gasteiger partial charge is 0.143 e. The second-order valence-corrected chi connectivity index (χ2v) is 5.34. The first kappa shape index (κ1) is 14.8. The molecule has 1 aromatic rings. The summed E-state index contributed by atoms with van der Waals surface area (Å²) in [6, 6.07) is 6.96. The largest absolute Gasteiger partial charge is 0.382 e. The van der Waals surface area contributed by atoms with Crippen LogP contribution in [0, 0.1) is 17.1 Å². The number of hydrogen-bond acceptors (Lipinski definition) is 4. The molecule has 1 N–H and O–H groups in total. The quantitative estimate of drug-likeness (QED) is 0.909. The third-order valence-corrected chi connectivity index (χ3v) is 3.87. The van der Waals surface area contributed by atoms with Gasteiger partial charge in [0.2, 0.25) is 0 Å². The number of nitrogens with one attached hydrogen (secondary N) is 1. The number of piperazine rings is 1. The lowest BCUT2D eigenvalue weighted by molar-refractivity contribution is 0.123. The Kier molecular flexibility index (Phi) is 4.94. The van der Waals surface area contributed by atoms with E-state index in [1.165, 1.54) is 6.07 Å². The highest BCUT2D eigenvalue weighted by atomic mass is 19.1. The monoisotopic (exact) mass is 276 g/mol. The fraction of sp³-hybridized carbons (Fsp3) is 0.533. The molecule has 1 heterocycles. The molecule has 108 valence electrons. The van der Waals surface area contributed by atoms with E-state index in [1.54, 1.807) is 12.1 Å². The number of likely N-dealkylation sites (N-methyl/N-ethyl adjacent to an activating group) is 1. The van der Waals surface area contributed by atoms with E-state index >= 15 is 0 Å². The maximum atomic E-state index is 13.5. The van der Waals surface area contributed by atoms with Gasteiger partial charge < -0.3 is 10.2 Å². The van der Waals surface area contributed by atoms with Gasteiger partial charge >= 0.3 is 0 Å². The topological polar surface area (TPSA) is 42.3 Å².